The molecule has 1 aliphatic rings. The number of hydrogen-bond donors (Lipinski definition) is 0. The monoisotopic (exact) mass is 170 g/mol. The van der Waals surface area contributed by atoms with Gasteiger partial charge < -0.3 is 4.74 Å². The van der Waals surface area contributed by atoms with Crippen LogP contribution in [0, 0.1) is 11.3 Å². The summed E-state index contributed by atoms with van der Waals surface area (Å²) in [5.41, 5.74) is 0.418. The molecule has 0 aromatic rings. The highest BCUT2D eigenvalue weighted by Crippen LogP contribution is 2.38. The Labute approximate surface area is 76.5 Å². The van der Waals surface area contributed by atoms with Crippen molar-refractivity contribution in [2.45, 2.75) is 52.6 Å². The Balaban J connectivity index is 2.59. The van der Waals surface area contributed by atoms with E-state index in [0.29, 0.717) is 11.5 Å². The van der Waals surface area contributed by atoms with Gasteiger partial charge in [-0.1, -0.05) is 33.6 Å². The molecule has 0 bridgehead atoms. The lowest BCUT2D eigenvalue weighted by Crippen LogP contribution is -2.35. The van der Waals surface area contributed by atoms with Crippen LogP contribution in [0.25, 0.3) is 0 Å². The second kappa shape index (κ2) is 3.78. The van der Waals surface area contributed by atoms with Crippen molar-refractivity contribution >= 4 is 0 Å². The molecule has 0 aliphatic heterocycles. The zero-order valence-electron chi connectivity index (χ0n) is 8.89. The molecule has 0 heterocycles. The fourth-order valence-corrected chi connectivity index (χ4v) is 2.37. The minimum absolute atomic E-state index is 0.418. The molecular weight excluding hydrogens is 148 g/mol. The van der Waals surface area contributed by atoms with Crippen molar-refractivity contribution in [1.82, 2.24) is 0 Å². The van der Waals surface area contributed by atoms with Gasteiger partial charge in [0.15, 0.2) is 0 Å². The fraction of sp³-hybridized carbons (Fsp3) is 1.00. The van der Waals surface area contributed by atoms with Crippen molar-refractivity contribution in [3.63, 3.8) is 0 Å². The molecule has 72 valence electrons. The van der Waals surface area contributed by atoms with Gasteiger partial charge >= 0.3 is 0 Å². The first kappa shape index (κ1) is 10.0. The predicted octanol–water partition coefficient (Wildman–Crippen LogP) is 3.24. The molecule has 1 saturated carbocycles. The number of ether oxygens (including phenoxy) is 1. The SMILES string of the molecule is CO[C@@H]1CCCC[C@H]1C(C)(C)C. The topological polar surface area (TPSA) is 9.23 Å². The minimum atomic E-state index is 0.418. The summed E-state index contributed by atoms with van der Waals surface area (Å²) in [7, 11) is 1.86. The van der Waals surface area contributed by atoms with Gasteiger partial charge in [-0.2, -0.15) is 0 Å². The third-order valence-electron chi connectivity index (χ3n) is 3.12. The molecule has 0 radical (unpaired) electrons. The van der Waals surface area contributed by atoms with Crippen LogP contribution in [0.4, 0.5) is 0 Å². The van der Waals surface area contributed by atoms with Crippen molar-refractivity contribution in [3.05, 3.63) is 0 Å². The van der Waals surface area contributed by atoms with E-state index >= 15 is 0 Å². The summed E-state index contributed by atoms with van der Waals surface area (Å²) < 4.78 is 5.53. The maximum absolute atomic E-state index is 5.53. The second-order valence-electron chi connectivity index (χ2n) is 5.03. The molecule has 1 nitrogen and oxygen atoms in total. The number of methoxy groups -OCH3 is 1. The molecule has 0 amide bonds. The van der Waals surface area contributed by atoms with E-state index in [2.05, 4.69) is 20.8 Å². The largest absolute Gasteiger partial charge is 0.381 e. The predicted molar refractivity (Wildman–Crippen MR) is 52.2 cm³/mol. The maximum atomic E-state index is 5.53. The molecule has 1 heteroatoms. The van der Waals surface area contributed by atoms with E-state index in [4.69, 9.17) is 4.74 Å². The number of hydrogen-bond acceptors (Lipinski definition) is 1. The average molecular weight is 170 g/mol. The number of rotatable bonds is 1. The summed E-state index contributed by atoms with van der Waals surface area (Å²) in [6.45, 7) is 6.99. The Kier molecular flexibility index (Phi) is 3.16. The molecular formula is C11H22O. The summed E-state index contributed by atoms with van der Waals surface area (Å²) in [6, 6.07) is 0. The van der Waals surface area contributed by atoms with Gasteiger partial charge in [0.25, 0.3) is 0 Å². The molecule has 0 aromatic carbocycles. The molecule has 0 aromatic heterocycles. The van der Waals surface area contributed by atoms with E-state index in [1.54, 1.807) is 0 Å². The van der Waals surface area contributed by atoms with Crippen LogP contribution in [0.1, 0.15) is 46.5 Å². The molecule has 1 rings (SSSR count). The van der Waals surface area contributed by atoms with Gasteiger partial charge in [-0.3, -0.25) is 0 Å². The van der Waals surface area contributed by atoms with Crippen LogP contribution in [0.2, 0.25) is 0 Å². The van der Waals surface area contributed by atoms with Crippen LogP contribution >= 0.6 is 0 Å². The first-order chi connectivity index (χ1) is 5.55. The first-order valence-electron chi connectivity index (χ1n) is 5.08. The van der Waals surface area contributed by atoms with Gasteiger partial charge in [-0.25, -0.2) is 0 Å². The molecule has 1 aliphatic carbocycles. The van der Waals surface area contributed by atoms with Crippen LogP contribution in [0.3, 0.4) is 0 Å². The lowest BCUT2D eigenvalue weighted by atomic mass is 9.71. The highest BCUT2D eigenvalue weighted by atomic mass is 16.5. The summed E-state index contributed by atoms with van der Waals surface area (Å²) in [5, 5.41) is 0. The summed E-state index contributed by atoms with van der Waals surface area (Å²) in [6.07, 6.45) is 5.87. The summed E-state index contributed by atoms with van der Waals surface area (Å²) in [5.74, 6) is 0.760. The third-order valence-corrected chi connectivity index (χ3v) is 3.12. The molecule has 2 atom stereocenters. The molecule has 0 N–H and O–H groups in total. The Bertz CT molecular complexity index is 134. The zero-order valence-corrected chi connectivity index (χ0v) is 8.89. The normalized spacial score (nSPS) is 32.0. The molecule has 0 saturated heterocycles. The third kappa shape index (κ3) is 2.22. The second-order valence-corrected chi connectivity index (χ2v) is 5.03. The highest BCUT2D eigenvalue weighted by Gasteiger charge is 2.33. The summed E-state index contributed by atoms with van der Waals surface area (Å²) >= 11 is 0. The smallest absolute Gasteiger partial charge is 0.0604 e. The van der Waals surface area contributed by atoms with Crippen LogP contribution in [0.15, 0.2) is 0 Å². The van der Waals surface area contributed by atoms with Gasteiger partial charge in [-0.05, 0) is 24.2 Å². The van der Waals surface area contributed by atoms with Gasteiger partial charge in [0.05, 0.1) is 6.10 Å². The molecule has 1 fully saturated rings. The van der Waals surface area contributed by atoms with Crippen LogP contribution in [-0.4, -0.2) is 13.2 Å². The fourth-order valence-electron chi connectivity index (χ4n) is 2.37. The Hall–Kier alpha value is -0.0400. The average Bonchev–Trinajstić information content (AvgIpc) is 2.03. The maximum Gasteiger partial charge on any atom is 0.0604 e. The van der Waals surface area contributed by atoms with Crippen molar-refractivity contribution < 1.29 is 4.74 Å². The first-order valence-corrected chi connectivity index (χ1v) is 5.08. The van der Waals surface area contributed by atoms with Crippen molar-refractivity contribution in [1.29, 1.82) is 0 Å². The Morgan fingerprint density at radius 3 is 2.08 bits per heavy atom. The van der Waals surface area contributed by atoms with E-state index in [0.717, 1.165) is 5.92 Å². The van der Waals surface area contributed by atoms with E-state index in [1.165, 1.54) is 25.7 Å². The quantitative estimate of drug-likeness (QED) is 0.587. The summed E-state index contributed by atoms with van der Waals surface area (Å²) in [4.78, 5) is 0. The molecule has 12 heavy (non-hydrogen) atoms. The zero-order chi connectivity index (χ0) is 9.19. The van der Waals surface area contributed by atoms with Crippen molar-refractivity contribution in [3.8, 4) is 0 Å². The Morgan fingerprint density at radius 1 is 1.08 bits per heavy atom. The highest BCUT2D eigenvalue weighted by molar-refractivity contribution is 4.84. The van der Waals surface area contributed by atoms with E-state index in [1.807, 2.05) is 7.11 Å². The lowest BCUT2D eigenvalue weighted by Gasteiger charge is -2.39. The Morgan fingerprint density at radius 2 is 1.67 bits per heavy atom. The van der Waals surface area contributed by atoms with Gasteiger partial charge in [0.1, 0.15) is 0 Å². The van der Waals surface area contributed by atoms with Crippen LogP contribution in [0.5, 0.6) is 0 Å². The van der Waals surface area contributed by atoms with Gasteiger partial charge in [0, 0.05) is 7.11 Å². The van der Waals surface area contributed by atoms with Crippen molar-refractivity contribution in [2.24, 2.45) is 11.3 Å². The van der Waals surface area contributed by atoms with Crippen LogP contribution < -0.4 is 0 Å². The minimum Gasteiger partial charge on any atom is -0.381 e. The van der Waals surface area contributed by atoms with Crippen molar-refractivity contribution in [2.75, 3.05) is 7.11 Å². The van der Waals surface area contributed by atoms with Gasteiger partial charge in [-0.15, -0.1) is 0 Å². The van der Waals surface area contributed by atoms with E-state index in [-0.39, 0.29) is 0 Å². The van der Waals surface area contributed by atoms with E-state index < -0.39 is 0 Å². The van der Waals surface area contributed by atoms with E-state index in [9.17, 15) is 0 Å². The van der Waals surface area contributed by atoms with Crippen LogP contribution in [-0.2, 0) is 4.74 Å². The van der Waals surface area contributed by atoms with Gasteiger partial charge in [0.2, 0.25) is 0 Å². The molecule has 0 spiro atoms. The standard InChI is InChI=1S/C11H22O/c1-11(2,3)9-7-5-6-8-10(9)12-4/h9-10H,5-8H2,1-4H3/t9-,10-/m1/s1. The lowest BCUT2D eigenvalue weighted by molar-refractivity contribution is -0.0217. The molecule has 0 unspecified atom stereocenters.